The number of nitrogens with zero attached hydrogens (tertiary/aromatic N) is 3. The van der Waals surface area contributed by atoms with Crippen molar-refractivity contribution in [2.24, 2.45) is 0 Å². The number of thioether (sulfide) groups is 1. The first-order chi connectivity index (χ1) is 14.3. The molecule has 6 heteroatoms. The molecule has 3 aromatic rings. The van der Waals surface area contributed by atoms with Crippen molar-refractivity contribution in [2.75, 3.05) is 10.7 Å². The minimum absolute atomic E-state index is 0.0637. The molecule has 0 saturated carbocycles. The number of rotatable bonds is 4. The maximum absolute atomic E-state index is 13.2. The minimum atomic E-state index is -0.283. The van der Waals surface area contributed by atoms with Crippen LogP contribution in [0.3, 0.4) is 0 Å². The molecule has 0 unspecified atom stereocenters. The van der Waals surface area contributed by atoms with Crippen LogP contribution in [0.15, 0.2) is 65.7 Å². The van der Waals surface area contributed by atoms with Crippen molar-refractivity contribution in [1.82, 2.24) is 10.2 Å². The highest BCUT2D eigenvalue weighted by Gasteiger charge is 2.39. The predicted octanol–water partition coefficient (Wildman–Crippen LogP) is 5.69. The fraction of sp³-hybridized carbons (Fsp3) is 0.292. The van der Waals surface area contributed by atoms with Gasteiger partial charge < -0.3 is 4.90 Å². The molecule has 1 amide bonds. The molecule has 154 valence electrons. The molecule has 2 aromatic carbocycles. The summed E-state index contributed by atoms with van der Waals surface area (Å²) in [6.45, 7) is 6.47. The molecule has 30 heavy (non-hydrogen) atoms. The second-order valence-electron chi connectivity index (χ2n) is 8.26. The number of fused-ring (bicyclic) bond motifs is 1. The Labute approximate surface area is 180 Å². The van der Waals surface area contributed by atoms with E-state index in [1.165, 1.54) is 29.5 Å². The van der Waals surface area contributed by atoms with E-state index < -0.39 is 0 Å². The molecule has 1 aliphatic rings. The lowest BCUT2D eigenvalue weighted by molar-refractivity contribution is -0.117. The third-order valence-corrected chi connectivity index (χ3v) is 6.40. The van der Waals surface area contributed by atoms with Crippen molar-refractivity contribution in [2.45, 2.75) is 43.7 Å². The number of para-hydroxylation sites is 1. The van der Waals surface area contributed by atoms with Crippen LogP contribution < -0.4 is 4.90 Å². The summed E-state index contributed by atoms with van der Waals surface area (Å²) in [4.78, 5) is 15.1. The highest BCUT2D eigenvalue weighted by atomic mass is 32.2. The van der Waals surface area contributed by atoms with Gasteiger partial charge in [-0.3, -0.25) is 4.79 Å². The summed E-state index contributed by atoms with van der Waals surface area (Å²) in [6.07, 6.45) is 0.923. The van der Waals surface area contributed by atoms with Crippen molar-refractivity contribution in [3.8, 4) is 11.3 Å². The molecule has 0 aliphatic carbocycles. The first-order valence-electron chi connectivity index (χ1n) is 9.99. The molecule has 0 bridgehead atoms. The van der Waals surface area contributed by atoms with E-state index in [4.69, 9.17) is 0 Å². The Hall–Kier alpha value is -2.73. The van der Waals surface area contributed by atoms with Gasteiger partial charge in [-0.1, -0.05) is 36.9 Å². The lowest BCUT2D eigenvalue weighted by atomic mass is 9.80. The lowest BCUT2D eigenvalue weighted by Gasteiger charge is -2.46. The van der Waals surface area contributed by atoms with Crippen LogP contribution in [0.4, 0.5) is 10.1 Å². The maximum Gasteiger partial charge on any atom is 0.237 e. The molecule has 0 spiro atoms. The van der Waals surface area contributed by atoms with Crippen LogP contribution in [0.2, 0.25) is 0 Å². The number of benzene rings is 2. The zero-order chi connectivity index (χ0) is 21.3. The van der Waals surface area contributed by atoms with E-state index in [-0.39, 0.29) is 23.0 Å². The van der Waals surface area contributed by atoms with E-state index in [1.54, 1.807) is 12.1 Å². The van der Waals surface area contributed by atoms with Gasteiger partial charge in [0.15, 0.2) is 0 Å². The minimum Gasteiger partial charge on any atom is -0.306 e. The van der Waals surface area contributed by atoms with Crippen LogP contribution in [0, 0.1) is 5.82 Å². The van der Waals surface area contributed by atoms with Gasteiger partial charge in [0.25, 0.3) is 0 Å². The maximum atomic E-state index is 13.2. The van der Waals surface area contributed by atoms with Crippen LogP contribution >= 0.6 is 11.8 Å². The summed E-state index contributed by atoms with van der Waals surface area (Å²) in [5.74, 6) is 0.483. The van der Waals surface area contributed by atoms with Gasteiger partial charge in [0.1, 0.15) is 10.8 Å². The molecule has 4 rings (SSSR count). The molecule has 0 saturated heterocycles. The molecule has 1 aromatic heterocycles. The molecule has 2 heterocycles. The van der Waals surface area contributed by atoms with Gasteiger partial charge in [-0.25, -0.2) is 4.39 Å². The van der Waals surface area contributed by atoms with Crippen molar-refractivity contribution in [3.05, 3.63) is 72.0 Å². The largest absolute Gasteiger partial charge is 0.306 e. The Kier molecular flexibility index (Phi) is 5.60. The molecule has 0 radical (unpaired) electrons. The van der Waals surface area contributed by atoms with Crippen molar-refractivity contribution < 1.29 is 9.18 Å². The molecule has 0 N–H and O–H groups in total. The standard InChI is InChI=1S/C24H24FN3OS/c1-16-14-24(2,3)28(21-7-5-4-6-19(16)21)23(29)15-30-22-13-12-20(26-27-22)17-8-10-18(25)11-9-17/h4-13,16H,14-15H2,1-3H3/t16-/m1/s1. The van der Waals surface area contributed by atoms with Gasteiger partial charge in [-0.05, 0) is 74.2 Å². The van der Waals surface area contributed by atoms with Gasteiger partial charge in [0.05, 0.1) is 11.4 Å². The SMILES string of the molecule is C[C@@H]1CC(C)(C)N(C(=O)CSc2ccc(-c3ccc(F)cc3)nn2)c2ccccc21. The fourth-order valence-corrected chi connectivity index (χ4v) is 4.89. The van der Waals surface area contributed by atoms with Crippen molar-refractivity contribution in [3.63, 3.8) is 0 Å². The third-order valence-electron chi connectivity index (χ3n) is 5.49. The van der Waals surface area contributed by atoms with Crippen molar-refractivity contribution in [1.29, 1.82) is 0 Å². The first-order valence-corrected chi connectivity index (χ1v) is 11.0. The first kappa shape index (κ1) is 20.5. The van der Waals surface area contributed by atoms with Gasteiger partial charge >= 0.3 is 0 Å². The summed E-state index contributed by atoms with van der Waals surface area (Å²) in [5.41, 5.74) is 3.45. The van der Waals surface area contributed by atoms with Gasteiger partial charge in [-0.2, -0.15) is 0 Å². The Balaban J connectivity index is 1.48. The average molecular weight is 422 g/mol. The number of halogens is 1. The van der Waals surface area contributed by atoms with Crippen LogP contribution in [0.5, 0.6) is 0 Å². The highest BCUT2D eigenvalue weighted by Crippen LogP contribution is 2.43. The topological polar surface area (TPSA) is 46.1 Å². The highest BCUT2D eigenvalue weighted by molar-refractivity contribution is 7.99. The monoisotopic (exact) mass is 421 g/mol. The van der Waals surface area contributed by atoms with E-state index in [0.717, 1.165) is 17.7 Å². The Morgan fingerprint density at radius 3 is 2.53 bits per heavy atom. The van der Waals surface area contributed by atoms with E-state index >= 15 is 0 Å². The Morgan fingerprint density at radius 2 is 1.83 bits per heavy atom. The van der Waals surface area contributed by atoms with E-state index in [1.807, 2.05) is 35.2 Å². The number of amides is 1. The average Bonchev–Trinajstić information content (AvgIpc) is 2.73. The number of aromatic nitrogens is 2. The zero-order valence-electron chi connectivity index (χ0n) is 17.3. The molecular weight excluding hydrogens is 397 g/mol. The van der Waals surface area contributed by atoms with Crippen LogP contribution in [0.25, 0.3) is 11.3 Å². The predicted molar refractivity (Wildman–Crippen MR) is 119 cm³/mol. The molecule has 4 nitrogen and oxygen atoms in total. The molecule has 1 atom stereocenters. The number of carbonyl (C=O) groups excluding carboxylic acids is 1. The summed E-state index contributed by atoms with van der Waals surface area (Å²) in [7, 11) is 0. The summed E-state index contributed by atoms with van der Waals surface area (Å²) in [6, 6.07) is 18.0. The number of carbonyl (C=O) groups is 1. The quantitative estimate of drug-likeness (QED) is 0.508. The van der Waals surface area contributed by atoms with Crippen molar-refractivity contribution >= 4 is 23.4 Å². The van der Waals surface area contributed by atoms with Gasteiger partial charge in [0, 0.05) is 16.8 Å². The third kappa shape index (κ3) is 4.10. The zero-order valence-corrected chi connectivity index (χ0v) is 18.1. The smallest absolute Gasteiger partial charge is 0.237 e. The van der Waals surface area contributed by atoms with Crippen LogP contribution in [-0.4, -0.2) is 27.4 Å². The lowest BCUT2D eigenvalue weighted by Crippen LogP contribution is -2.52. The molecular formula is C24H24FN3OS. The Bertz CT molecular complexity index is 1050. The van der Waals surface area contributed by atoms with Crippen LogP contribution in [-0.2, 0) is 4.79 Å². The van der Waals surface area contributed by atoms with E-state index in [0.29, 0.717) is 16.6 Å². The number of hydrogen-bond donors (Lipinski definition) is 0. The van der Waals surface area contributed by atoms with Gasteiger partial charge in [0.2, 0.25) is 5.91 Å². The summed E-state index contributed by atoms with van der Waals surface area (Å²) >= 11 is 1.38. The van der Waals surface area contributed by atoms with E-state index in [2.05, 4.69) is 37.0 Å². The molecule has 0 fully saturated rings. The Morgan fingerprint density at radius 1 is 1.10 bits per heavy atom. The molecule has 1 aliphatic heterocycles. The second-order valence-corrected chi connectivity index (χ2v) is 9.25. The summed E-state index contributed by atoms with van der Waals surface area (Å²) in [5, 5.41) is 9.15. The number of hydrogen-bond acceptors (Lipinski definition) is 4. The van der Waals surface area contributed by atoms with E-state index in [9.17, 15) is 9.18 Å². The number of anilines is 1. The summed E-state index contributed by atoms with van der Waals surface area (Å²) < 4.78 is 13.1. The normalized spacial score (nSPS) is 17.5. The fourth-order valence-electron chi connectivity index (χ4n) is 4.23. The second kappa shape index (κ2) is 8.19. The van der Waals surface area contributed by atoms with Crippen LogP contribution in [0.1, 0.15) is 38.7 Å². The van der Waals surface area contributed by atoms with Gasteiger partial charge in [-0.15, -0.1) is 10.2 Å².